The number of rotatable bonds is 3. The molecule has 118 valence electrons. The van der Waals surface area contributed by atoms with Gasteiger partial charge in [-0.15, -0.1) is 5.70 Å². The molecular weight excluding hydrogens is 258 g/mol. The van der Waals surface area contributed by atoms with Gasteiger partial charge in [0.15, 0.2) is 0 Å². The predicted molar refractivity (Wildman–Crippen MR) is 95.2 cm³/mol. The summed E-state index contributed by atoms with van der Waals surface area (Å²) in [6.07, 6.45) is 16.9. The molecule has 1 saturated heterocycles. The van der Waals surface area contributed by atoms with Gasteiger partial charge in [-0.3, -0.25) is 4.90 Å². The van der Waals surface area contributed by atoms with E-state index in [1.54, 1.807) is 0 Å². The van der Waals surface area contributed by atoms with Crippen molar-refractivity contribution in [2.75, 3.05) is 13.1 Å². The maximum Gasteiger partial charge on any atom is 0.0550 e. The fourth-order valence-electron chi connectivity index (χ4n) is 3.07. The molecule has 1 rings (SSSR count). The number of hydrogen-bond acceptors (Lipinski definition) is 1. The van der Waals surface area contributed by atoms with Crippen LogP contribution in [0, 0.1) is 0 Å². The lowest BCUT2D eigenvalue weighted by Gasteiger charge is -2.27. The van der Waals surface area contributed by atoms with E-state index in [9.17, 15) is 0 Å². The molecule has 2 heteroatoms. The molecule has 1 atom stereocenters. The van der Waals surface area contributed by atoms with Gasteiger partial charge in [0.1, 0.15) is 0 Å². The van der Waals surface area contributed by atoms with Crippen molar-refractivity contribution in [3.63, 3.8) is 0 Å². The molecule has 0 aliphatic carbocycles. The Kier molecular flexibility index (Phi) is 10.4. The summed E-state index contributed by atoms with van der Waals surface area (Å²) in [5, 5.41) is 0. The highest BCUT2D eigenvalue weighted by Crippen LogP contribution is 2.14. The molecule has 0 bridgehead atoms. The Morgan fingerprint density at radius 3 is 1.55 bits per heavy atom. The van der Waals surface area contributed by atoms with Crippen LogP contribution in [0.25, 0.3) is 0 Å². The Balaban J connectivity index is 2.42. The van der Waals surface area contributed by atoms with E-state index >= 15 is 0 Å². The van der Waals surface area contributed by atoms with Crippen molar-refractivity contribution in [3.05, 3.63) is 11.8 Å². The maximum atomic E-state index is 2.73. The minimum Gasteiger partial charge on any atom is -0.297 e. The Morgan fingerprint density at radius 2 is 1.15 bits per heavy atom. The molecule has 1 heterocycles. The van der Waals surface area contributed by atoms with Crippen LogP contribution in [-0.4, -0.2) is 32.8 Å². The Morgan fingerprint density at radius 1 is 0.750 bits per heavy atom. The van der Waals surface area contributed by atoms with Crippen molar-refractivity contribution in [3.8, 4) is 0 Å². The number of hydrogen-bond donors (Lipinski definition) is 0. The third-order valence-electron chi connectivity index (χ3n) is 4.49. The zero-order valence-electron chi connectivity index (χ0n) is 14.2. The van der Waals surface area contributed by atoms with E-state index in [2.05, 4.69) is 36.7 Å². The SMILES string of the molecule is CC(C=C[SiH](C)C)N1CCCCCCCCCCCC1. The first kappa shape index (κ1) is 18.0. The van der Waals surface area contributed by atoms with Gasteiger partial charge in [0.25, 0.3) is 0 Å². The maximum absolute atomic E-state index is 2.73. The van der Waals surface area contributed by atoms with E-state index in [4.69, 9.17) is 0 Å². The highest BCUT2D eigenvalue weighted by Gasteiger charge is 2.11. The van der Waals surface area contributed by atoms with Crippen LogP contribution in [-0.2, 0) is 0 Å². The normalized spacial score (nSPS) is 23.2. The largest absolute Gasteiger partial charge is 0.297 e. The van der Waals surface area contributed by atoms with Crippen molar-refractivity contribution in [2.45, 2.75) is 90.3 Å². The zero-order valence-corrected chi connectivity index (χ0v) is 15.4. The first-order chi connectivity index (χ1) is 9.70. The third kappa shape index (κ3) is 8.96. The summed E-state index contributed by atoms with van der Waals surface area (Å²) in [5.74, 6) is 0. The molecule has 1 fully saturated rings. The molecule has 0 amide bonds. The van der Waals surface area contributed by atoms with E-state index < -0.39 is 8.80 Å². The van der Waals surface area contributed by atoms with Crippen molar-refractivity contribution >= 4 is 8.80 Å². The number of nitrogens with zero attached hydrogens (tertiary/aromatic N) is 1. The molecule has 0 radical (unpaired) electrons. The van der Waals surface area contributed by atoms with Crippen LogP contribution in [0.2, 0.25) is 13.1 Å². The van der Waals surface area contributed by atoms with Gasteiger partial charge in [0, 0.05) is 6.04 Å². The smallest absolute Gasteiger partial charge is 0.0550 e. The van der Waals surface area contributed by atoms with Crippen LogP contribution < -0.4 is 0 Å². The molecule has 1 nitrogen and oxygen atoms in total. The molecule has 0 N–H and O–H groups in total. The van der Waals surface area contributed by atoms with Gasteiger partial charge in [-0.1, -0.05) is 70.5 Å². The van der Waals surface area contributed by atoms with Gasteiger partial charge in [0.05, 0.1) is 8.80 Å². The first-order valence-corrected chi connectivity index (χ1v) is 12.1. The average Bonchev–Trinajstić information content (AvgIpc) is 2.45. The highest BCUT2D eigenvalue weighted by molar-refractivity contribution is 6.61. The lowest BCUT2D eigenvalue weighted by atomic mass is 10.1. The average molecular weight is 296 g/mol. The summed E-state index contributed by atoms with van der Waals surface area (Å²) in [4.78, 5) is 2.73. The Hall–Kier alpha value is -0.0831. The molecule has 0 saturated carbocycles. The topological polar surface area (TPSA) is 3.24 Å². The molecule has 1 aliphatic heterocycles. The fourth-order valence-corrected chi connectivity index (χ4v) is 3.83. The van der Waals surface area contributed by atoms with Crippen LogP contribution >= 0.6 is 0 Å². The zero-order chi connectivity index (χ0) is 14.6. The second-order valence-electron chi connectivity index (χ2n) is 6.94. The standard InChI is InChI=1S/C18H37NSi/c1-18(14-17-20(2)3)19-15-12-10-8-6-4-5-7-9-11-13-16-19/h14,17-18,20H,4-13,15-16H2,1-3H3. The lowest BCUT2D eigenvalue weighted by Crippen LogP contribution is -2.33. The van der Waals surface area contributed by atoms with Gasteiger partial charge in [0.2, 0.25) is 0 Å². The fraction of sp³-hybridized carbons (Fsp3) is 0.889. The summed E-state index contributed by atoms with van der Waals surface area (Å²) in [5.41, 5.74) is 2.51. The quantitative estimate of drug-likeness (QED) is 0.649. The summed E-state index contributed by atoms with van der Waals surface area (Å²) in [6.45, 7) is 9.83. The highest BCUT2D eigenvalue weighted by atomic mass is 28.3. The van der Waals surface area contributed by atoms with E-state index in [1.807, 2.05) is 0 Å². The van der Waals surface area contributed by atoms with E-state index in [0.29, 0.717) is 6.04 Å². The Labute approximate surface area is 129 Å². The van der Waals surface area contributed by atoms with Gasteiger partial charge in [-0.2, -0.15) is 0 Å². The molecule has 0 aromatic rings. The minimum absolute atomic E-state index is 0.544. The van der Waals surface area contributed by atoms with E-state index in [0.717, 1.165) is 0 Å². The molecule has 1 aliphatic rings. The summed E-state index contributed by atoms with van der Waals surface area (Å²) < 4.78 is 0. The summed E-state index contributed by atoms with van der Waals surface area (Å²) in [7, 11) is -0.544. The van der Waals surface area contributed by atoms with Crippen LogP contribution in [0.15, 0.2) is 11.8 Å². The van der Waals surface area contributed by atoms with Crippen LogP contribution in [0.1, 0.15) is 71.1 Å². The monoisotopic (exact) mass is 295 g/mol. The second kappa shape index (κ2) is 11.6. The lowest BCUT2D eigenvalue weighted by molar-refractivity contribution is 0.230. The van der Waals surface area contributed by atoms with Gasteiger partial charge < -0.3 is 0 Å². The molecule has 1 unspecified atom stereocenters. The van der Waals surface area contributed by atoms with Gasteiger partial charge >= 0.3 is 0 Å². The van der Waals surface area contributed by atoms with Crippen LogP contribution in [0.4, 0.5) is 0 Å². The first-order valence-electron chi connectivity index (χ1n) is 9.12. The van der Waals surface area contributed by atoms with Gasteiger partial charge in [-0.05, 0) is 32.9 Å². The Bertz CT molecular complexity index is 236. The van der Waals surface area contributed by atoms with Crippen molar-refractivity contribution in [2.24, 2.45) is 0 Å². The molecule has 0 aromatic heterocycles. The predicted octanol–water partition coefficient (Wildman–Crippen LogP) is 5.17. The van der Waals surface area contributed by atoms with E-state index in [1.165, 1.54) is 77.3 Å². The summed E-state index contributed by atoms with van der Waals surface area (Å²) >= 11 is 0. The van der Waals surface area contributed by atoms with Crippen LogP contribution in [0.5, 0.6) is 0 Å². The van der Waals surface area contributed by atoms with Crippen molar-refractivity contribution < 1.29 is 0 Å². The molecule has 0 aromatic carbocycles. The molecule has 20 heavy (non-hydrogen) atoms. The van der Waals surface area contributed by atoms with Crippen molar-refractivity contribution in [1.82, 2.24) is 4.90 Å². The van der Waals surface area contributed by atoms with Gasteiger partial charge in [-0.25, -0.2) is 0 Å². The summed E-state index contributed by atoms with van der Waals surface area (Å²) in [6, 6.07) is 0.648. The van der Waals surface area contributed by atoms with Crippen molar-refractivity contribution in [1.29, 1.82) is 0 Å². The third-order valence-corrected chi connectivity index (χ3v) is 5.48. The van der Waals surface area contributed by atoms with E-state index in [-0.39, 0.29) is 0 Å². The van der Waals surface area contributed by atoms with Crippen LogP contribution in [0.3, 0.4) is 0 Å². The molecule has 0 spiro atoms. The minimum atomic E-state index is -0.544. The second-order valence-corrected chi connectivity index (χ2v) is 9.81. The molecular formula is C18H37NSi.